The van der Waals surface area contributed by atoms with Crippen LogP contribution in [0.3, 0.4) is 0 Å². The smallest absolute Gasteiger partial charge is 0.272 e. The molecule has 0 aliphatic carbocycles. The van der Waals surface area contributed by atoms with Crippen LogP contribution in [0.5, 0.6) is 0 Å². The summed E-state index contributed by atoms with van der Waals surface area (Å²) in [4.78, 5) is 14.2. The average molecular weight is 375 g/mol. The largest absolute Gasteiger partial charge is 0.357 e. The molecule has 2 aromatic rings. The van der Waals surface area contributed by atoms with Gasteiger partial charge in [-0.1, -0.05) is 28.1 Å². The maximum absolute atomic E-state index is 12.6. The van der Waals surface area contributed by atoms with E-state index in [1.54, 1.807) is 17.9 Å². The van der Waals surface area contributed by atoms with Gasteiger partial charge in [-0.25, -0.2) is 0 Å². The van der Waals surface area contributed by atoms with Crippen LogP contribution in [-0.4, -0.2) is 46.3 Å². The Morgan fingerprint density at radius 1 is 1.48 bits per heavy atom. The highest BCUT2D eigenvalue weighted by Crippen LogP contribution is 2.22. The summed E-state index contributed by atoms with van der Waals surface area (Å²) in [5.74, 6) is -0.175. The van der Waals surface area contributed by atoms with Gasteiger partial charge < -0.3 is 9.64 Å². The summed E-state index contributed by atoms with van der Waals surface area (Å²) in [6.07, 6.45) is 0. The van der Waals surface area contributed by atoms with E-state index in [4.69, 9.17) is 10.00 Å². The first-order valence-corrected chi connectivity index (χ1v) is 7.96. The van der Waals surface area contributed by atoms with E-state index < -0.39 is 5.60 Å². The molecule has 1 saturated heterocycles. The highest BCUT2D eigenvalue weighted by molar-refractivity contribution is 9.10. The molecule has 1 aromatic carbocycles. The molecule has 1 aliphatic heterocycles. The van der Waals surface area contributed by atoms with Crippen LogP contribution in [0.4, 0.5) is 0 Å². The molecule has 1 aliphatic rings. The van der Waals surface area contributed by atoms with Gasteiger partial charge in [-0.3, -0.25) is 9.89 Å². The zero-order valence-electron chi connectivity index (χ0n) is 12.5. The molecule has 1 aromatic heterocycles. The molecule has 23 heavy (non-hydrogen) atoms. The first-order chi connectivity index (χ1) is 11.0. The monoisotopic (exact) mass is 374 g/mol. The lowest BCUT2D eigenvalue weighted by Gasteiger charge is -2.35. The highest BCUT2D eigenvalue weighted by Gasteiger charge is 2.35. The highest BCUT2D eigenvalue weighted by atomic mass is 79.9. The molecule has 1 fully saturated rings. The molecule has 0 saturated carbocycles. The number of aromatic amines is 1. The van der Waals surface area contributed by atoms with Gasteiger partial charge in [0.05, 0.1) is 24.9 Å². The standard InChI is InChI=1S/C16H15BrN4O2/c1-16(9-18)10-21(6-7-23-16)15(22)14-8-13(19-20-14)11-2-4-12(17)5-3-11/h2-5,8H,6-7,10H2,1H3,(H,19,20). The van der Waals surface area contributed by atoms with Crippen LogP contribution in [0.1, 0.15) is 17.4 Å². The number of halogens is 1. The maximum Gasteiger partial charge on any atom is 0.272 e. The molecule has 118 valence electrons. The number of ether oxygens (including phenoxy) is 1. The third kappa shape index (κ3) is 3.28. The Morgan fingerprint density at radius 2 is 2.22 bits per heavy atom. The van der Waals surface area contributed by atoms with E-state index in [1.165, 1.54) is 0 Å². The topological polar surface area (TPSA) is 82.0 Å². The van der Waals surface area contributed by atoms with Gasteiger partial charge in [0.2, 0.25) is 0 Å². The molecule has 1 unspecified atom stereocenters. The van der Waals surface area contributed by atoms with Crippen molar-refractivity contribution in [3.8, 4) is 17.3 Å². The second kappa shape index (κ2) is 6.14. The van der Waals surface area contributed by atoms with Crippen molar-refractivity contribution < 1.29 is 9.53 Å². The van der Waals surface area contributed by atoms with E-state index in [0.29, 0.717) is 24.5 Å². The number of hydrogen-bond acceptors (Lipinski definition) is 4. The van der Waals surface area contributed by atoms with Crippen LogP contribution in [0.15, 0.2) is 34.8 Å². The third-order valence-electron chi connectivity index (χ3n) is 3.75. The first-order valence-electron chi connectivity index (χ1n) is 7.17. The minimum Gasteiger partial charge on any atom is -0.357 e. The van der Waals surface area contributed by atoms with Crippen molar-refractivity contribution in [1.82, 2.24) is 15.1 Å². The number of rotatable bonds is 2. The molecule has 1 amide bonds. The van der Waals surface area contributed by atoms with Gasteiger partial charge in [0.15, 0.2) is 5.60 Å². The summed E-state index contributed by atoms with van der Waals surface area (Å²) in [7, 11) is 0. The number of amides is 1. The maximum atomic E-state index is 12.6. The van der Waals surface area contributed by atoms with Crippen molar-refractivity contribution in [2.24, 2.45) is 0 Å². The summed E-state index contributed by atoms with van der Waals surface area (Å²) in [5, 5.41) is 16.1. The Bertz CT molecular complexity index is 765. The van der Waals surface area contributed by atoms with Gasteiger partial charge >= 0.3 is 0 Å². The normalized spacial score (nSPS) is 21.0. The molecule has 6 nitrogen and oxygen atoms in total. The number of benzene rings is 1. The summed E-state index contributed by atoms with van der Waals surface area (Å²) < 4.78 is 6.41. The van der Waals surface area contributed by atoms with Crippen LogP contribution >= 0.6 is 15.9 Å². The molecule has 1 atom stereocenters. The SMILES string of the molecule is CC1(C#N)CN(C(=O)c2cc(-c3ccc(Br)cc3)n[nH]2)CCO1. The third-order valence-corrected chi connectivity index (χ3v) is 4.28. The van der Waals surface area contributed by atoms with E-state index in [9.17, 15) is 4.79 Å². The molecule has 2 heterocycles. The van der Waals surface area contributed by atoms with Crippen LogP contribution in [0.25, 0.3) is 11.3 Å². The van der Waals surface area contributed by atoms with Gasteiger partial charge in [-0.05, 0) is 25.1 Å². The number of morpholine rings is 1. The fourth-order valence-electron chi connectivity index (χ4n) is 2.48. The van der Waals surface area contributed by atoms with Crippen LogP contribution in [0.2, 0.25) is 0 Å². The number of nitrogens with one attached hydrogen (secondary N) is 1. The number of nitrogens with zero attached hydrogens (tertiary/aromatic N) is 3. The van der Waals surface area contributed by atoms with Gasteiger partial charge in [-0.15, -0.1) is 0 Å². The van der Waals surface area contributed by atoms with Crippen LogP contribution in [-0.2, 0) is 4.74 Å². The predicted octanol–water partition coefficient (Wildman–Crippen LogP) is 2.59. The fourth-order valence-corrected chi connectivity index (χ4v) is 2.75. The molecular formula is C16H15BrN4O2. The number of hydrogen-bond donors (Lipinski definition) is 1. The van der Waals surface area contributed by atoms with Crippen molar-refractivity contribution in [2.75, 3.05) is 19.7 Å². The number of aromatic nitrogens is 2. The Hall–Kier alpha value is -2.17. The number of nitriles is 1. The summed E-state index contributed by atoms with van der Waals surface area (Å²) in [6, 6.07) is 11.5. The fraction of sp³-hybridized carbons (Fsp3) is 0.312. The Balaban J connectivity index is 1.79. The van der Waals surface area contributed by atoms with Crippen molar-refractivity contribution in [3.05, 3.63) is 40.5 Å². The van der Waals surface area contributed by atoms with Gasteiger partial charge in [0, 0.05) is 16.6 Å². The van der Waals surface area contributed by atoms with Crippen LogP contribution in [0, 0.1) is 11.3 Å². The lowest BCUT2D eigenvalue weighted by atomic mass is 10.1. The average Bonchev–Trinajstić information content (AvgIpc) is 3.05. The molecule has 0 radical (unpaired) electrons. The van der Waals surface area contributed by atoms with E-state index in [0.717, 1.165) is 10.0 Å². The van der Waals surface area contributed by atoms with E-state index >= 15 is 0 Å². The Labute approximate surface area is 142 Å². The lowest BCUT2D eigenvalue weighted by molar-refractivity contribution is -0.0537. The molecule has 0 bridgehead atoms. The predicted molar refractivity (Wildman–Crippen MR) is 87.6 cm³/mol. The van der Waals surface area contributed by atoms with Crippen molar-refractivity contribution in [1.29, 1.82) is 5.26 Å². The summed E-state index contributed by atoms with van der Waals surface area (Å²) in [5.41, 5.74) is 1.08. The molecule has 1 N–H and O–H groups in total. The summed E-state index contributed by atoms with van der Waals surface area (Å²) >= 11 is 3.39. The quantitative estimate of drug-likeness (QED) is 0.875. The van der Waals surface area contributed by atoms with Gasteiger partial charge in [-0.2, -0.15) is 10.4 Å². The Morgan fingerprint density at radius 3 is 2.91 bits per heavy atom. The van der Waals surface area contributed by atoms with Crippen LogP contribution < -0.4 is 0 Å². The molecular weight excluding hydrogens is 360 g/mol. The van der Waals surface area contributed by atoms with E-state index in [-0.39, 0.29) is 12.5 Å². The van der Waals surface area contributed by atoms with Crippen molar-refractivity contribution >= 4 is 21.8 Å². The number of carbonyl (C=O) groups is 1. The zero-order chi connectivity index (χ0) is 16.4. The molecule has 7 heteroatoms. The van der Waals surface area contributed by atoms with Gasteiger partial charge in [0.25, 0.3) is 5.91 Å². The number of carbonyl (C=O) groups excluding carboxylic acids is 1. The van der Waals surface area contributed by atoms with Crippen molar-refractivity contribution in [2.45, 2.75) is 12.5 Å². The van der Waals surface area contributed by atoms with Gasteiger partial charge in [0.1, 0.15) is 5.69 Å². The minimum absolute atomic E-state index is 0.175. The summed E-state index contributed by atoms with van der Waals surface area (Å²) in [6.45, 7) is 2.74. The first kappa shape index (κ1) is 15.7. The van der Waals surface area contributed by atoms with E-state index in [1.807, 2.05) is 24.3 Å². The Kier molecular flexibility index (Phi) is 4.20. The zero-order valence-corrected chi connectivity index (χ0v) is 14.1. The molecule has 3 rings (SSSR count). The van der Waals surface area contributed by atoms with Crippen molar-refractivity contribution in [3.63, 3.8) is 0 Å². The van der Waals surface area contributed by atoms with E-state index in [2.05, 4.69) is 32.2 Å². The molecule has 0 spiro atoms. The minimum atomic E-state index is -0.956. The lowest BCUT2D eigenvalue weighted by Crippen LogP contribution is -2.51. The second-order valence-electron chi connectivity index (χ2n) is 5.59. The number of H-pyrrole nitrogens is 1. The second-order valence-corrected chi connectivity index (χ2v) is 6.51.